The molecule has 0 saturated heterocycles. The van der Waals surface area contributed by atoms with E-state index in [1.807, 2.05) is 36.4 Å². The topological polar surface area (TPSA) is 64.4 Å². The maximum absolute atomic E-state index is 10.8. The normalized spacial score (nSPS) is 10.7. The number of primary amides is 1. The standard InChI is InChI=1S/C17H20N2O2/c18-17(20)13-21-19-16(11-14-7-3-1-4-8-14)12-15-9-5-2-6-10-15/h1-10,16,19H,11-13H2,(H2,18,20). The lowest BCUT2D eigenvalue weighted by Gasteiger charge is -2.18. The smallest absolute Gasteiger partial charge is 0.245 e. The minimum Gasteiger partial charge on any atom is -0.368 e. The summed E-state index contributed by atoms with van der Waals surface area (Å²) in [6.07, 6.45) is 1.63. The average Bonchev–Trinajstić information content (AvgIpc) is 2.49. The number of amides is 1. The molecule has 0 aliphatic rings. The molecule has 2 aromatic rings. The van der Waals surface area contributed by atoms with Gasteiger partial charge < -0.3 is 5.73 Å². The number of benzene rings is 2. The van der Waals surface area contributed by atoms with Gasteiger partial charge in [-0.05, 0) is 24.0 Å². The van der Waals surface area contributed by atoms with Gasteiger partial charge in [0.1, 0.15) is 6.61 Å². The first-order chi connectivity index (χ1) is 10.2. The van der Waals surface area contributed by atoms with E-state index in [0.29, 0.717) is 0 Å². The van der Waals surface area contributed by atoms with E-state index in [-0.39, 0.29) is 12.6 Å². The van der Waals surface area contributed by atoms with Crippen LogP contribution in [0.15, 0.2) is 60.7 Å². The van der Waals surface area contributed by atoms with E-state index in [0.717, 1.165) is 12.8 Å². The summed E-state index contributed by atoms with van der Waals surface area (Å²) in [5.41, 5.74) is 10.5. The van der Waals surface area contributed by atoms with Crippen molar-refractivity contribution in [2.75, 3.05) is 6.61 Å². The van der Waals surface area contributed by atoms with Crippen LogP contribution in [0, 0.1) is 0 Å². The zero-order chi connectivity index (χ0) is 14.9. The van der Waals surface area contributed by atoms with E-state index in [1.165, 1.54) is 11.1 Å². The van der Waals surface area contributed by atoms with Crippen molar-refractivity contribution in [1.82, 2.24) is 5.48 Å². The number of hydrogen-bond donors (Lipinski definition) is 2. The van der Waals surface area contributed by atoms with Crippen LogP contribution in [-0.2, 0) is 22.5 Å². The molecule has 0 unspecified atom stereocenters. The Balaban J connectivity index is 1.97. The molecule has 0 spiro atoms. The Morgan fingerprint density at radius 1 is 0.952 bits per heavy atom. The molecule has 0 aliphatic carbocycles. The monoisotopic (exact) mass is 284 g/mol. The van der Waals surface area contributed by atoms with E-state index >= 15 is 0 Å². The number of carbonyl (C=O) groups is 1. The third-order valence-corrected chi connectivity index (χ3v) is 3.11. The summed E-state index contributed by atoms with van der Waals surface area (Å²) in [6.45, 7) is -0.125. The lowest BCUT2D eigenvalue weighted by molar-refractivity contribution is -0.126. The van der Waals surface area contributed by atoms with Gasteiger partial charge in [-0.1, -0.05) is 60.7 Å². The summed E-state index contributed by atoms with van der Waals surface area (Å²) in [6, 6.07) is 20.4. The quantitative estimate of drug-likeness (QED) is 0.727. The van der Waals surface area contributed by atoms with Crippen LogP contribution >= 0.6 is 0 Å². The lowest BCUT2D eigenvalue weighted by atomic mass is 10.00. The molecule has 0 atom stereocenters. The van der Waals surface area contributed by atoms with Crippen molar-refractivity contribution < 1.29 is 9.63 Å². The second-order valence-corrected chi connectivity index (χ2v) is 4.95. The van der Waals surface area contributed by atoms with Crippen molar-refractivity contribution in [2.45, 2.75) is 18.9 Å². The molecule has 4 heteroatoms. The molecule has 2 rings (SSSR count). The second-order valence-electron chi connectivity index (χ2n) is 4.95. The molecule has 0 aromatic heterocycles. The van der Waals surface area contributed by atoms with Gasteiger partial charge in [-0.25, -0.2) is 0 Å². The molecule has 0 radical (unpaired) electrons. The van der Waals surface area contributed by atoms with Crippen LogP contribution < -0.4 is 11.2 Å². The average molecular weight is 284 g/mol. The number of hydrogen-bond acceptors (Lipinski definition) is 3. The number of hydroxylamine groups is 1. The van der Waals surface area contributed by atoms with Gasteiger partial charge >= 0.3 is 0 Å². The van der Waals surface area contributed by atoms with E-state index in [9.17, 15) is 4.79 Å². The Morgan fingerprint density at radius 2 is 1.43 bits per heavy atom. The largest absolute Gasteiger partial charge is 0.368 e. The SMILES string of the molecule is NC(=O)CONC(Cc1ccccc1)Cc1ccccc1. The highest BCUT2D eigenvalue weighted by molar-refractivity contribution is 5.74. The predicted molar refractivity (Wildman–Crippen MR) is 82.4 cm³/mol. The molecule has 3 N–H and O–H groups in total. The van der Waals surface area contributed by atoms with Gasteiger partial charge in [-0.3, -0.25) is 9.63 Å². The van der Waals surface area contributed by atoms with E-state index in [4.69, 9.17) is 10.6 Å². The van der Waals surface area contributed by atoms with Crippen LogP contribution in [0.2, 0.25) is 0 Å². The summed E-state index contributed by atoms with van der Waals surface area (Å²) >= 11 is 0. The van der Waals surface area contributed by atoms with Gasteiger partial charge in [-0.15, -0.1) is 0 Å². The lowest BCUT2D eigenvalue weighted by Crippen LogP contribution is -2.36. The van der Waals surface area contributed by atoms with Crippen molar-refractivity contribution in [3.05, 3.63) is 71.8 Å². The zero-order valence-electron chi connectivity index (χ0n) is 11.9. The molecule has 0 heterocycles. The Hall–Kier alpha value is -2.17. The van der Waals surface area contributed by atoms with E-state index in [1.54, 1.807) is 0 Å². The molecule has 0 fully saturated rings. The van der Waals surface area contributed by atoms with Gasteiger partial charge in [0.05, 0.1) is 0 Å². The first kappa shape index (κ1) is 15.2. The summed E-state index contributed by atoms with van der Waals surface area (Å²) in [5.74, 6) is -0.485. The van der Waals surface area contributed by atoms with Crippen molar-refractivity contribution in [3.8, 4) is 0 Å². The molecule has 1 amide bonds. The van der Waals surface area contributed by atoms with Crippen LogP contribution in [0.25, 0.3) is 0 Å². The Bertz CT molecular complexity index is 502. The van der Waals surface area contributed by atoms with Gasteiger partial charge in [0.15, 0.2) is 0 Å². The molecule has 110 valence electrons. The number of carbonyl (C=O) groups excluding carboxylic acids is 1. The predicted octanol–water partition coefficient (Wildman–Crippen LogP) is 1.85. The molecule has 0 saturated carbocycles. The summed E-state index contributed by atoms with van der Waals surface area (Å²) < 4.78 is 0. The second kappa shape index (κ2) is 8.19. The maximum Gasteiger partial charge on any atom is 0.245 e. The third-order valence-electron chi connectivity index (χ3n) is 3.11. The Kier molecular flexibility index (Phi) is 5.94. The molecular formula is C17H20N2O2. The first-order valence-corrected chi connectivity index (χ1v) is 6.97. The van der Waals surface area contributed by atoms with Gasteiger partial charge in [-0.2, -0.15) is 5.48 Å². The number of nitrogens with two attached hydrogens (primary N) is 1. The van der Waals surface area contributed by atoms with Crippen molar-refractivity contribution in [2.24, 2.45) is 5.73 Å². The first-order valence-electron chi connectivity index (χ1n) is 6.97. The van der Waals surface area contributed by atoms with Gasteiger partial charge in [0, 0.05) is 6.04 Å². The molecule has 21 heavy (non-hydrogen) atoms. The number of nitrogens with one attached hydrogen (secondary N) is 1. The van der Waals surface area contributed by atoms with Crippen LogP contribution in [0.5, 0.6) is 0 Å². The highest BCUT2D eigenvalue weighted by Crippen LogP contribution is 2.09. The zero-order valence-corrected chi connectivity index (χ0v) is 11.9. The molecular weight excluding hydrogens is 264 g/mol. The molecule has 0 aliphatic heterocycles. The van der Waals surface area contributed by atoms with E-state index < -0.39 is 5.91 Å². The number of rotatable bonds is 8. The van der Waals surface area contributed by atoms with Crippen molar-refractivity contribution in [3.63, 3.8) is 0 Å². The van der Waals surface area contributed by atoms with Crippen molar-refractivity contribution >= 4 is 5.91 Å². The highest BCUT2D eigenvalue weighted by atomic mass is 16.6. The summed E-state index contributed by atoms with van der Waals surface area (Å²) in [7, 11) is 0. The van der Waals surface area contributed by atoms with Crippen LogP contribution in [0.4, 0.5) is 0 Å². The maximum atomic E-state index is 10.8. The molecule has 4 nitrogen and oxygen atoms in total. The molecule has 0 bridgehead atoms. The van der Waals surface area contributed by atoms with E-state index in [2.05, 4.69) is 29.7 Å². The Morgan fingerprint density at radius 3 is 1.86 bits per heavy atom. The molecule has 2 aromatic carbocycles. The fraction of sp³-hybridized carbons (Fsp3) is 0.235. The minimum absolute atomic E-state index is 0.0779. The Labute approximate surface area is 124 Å². The third kappa shape index (κ3) is 5.77. The fourth-order valence-electron chi connectivity index (χ4n) is 2.18. The summed E-state index contributed by atoms with van der Waals surface area (Å²) in [4.78, 5) is 15.9. The van der Waals surface area contributed by atoms with Crippen LogP contribution in [0.1, 0.15) is 11.1 Å². The summed E-state index contributed by atoms with van der Waals surface area (Å²) in [5, 5.41) is 0. The highest BCUT2D eigenvalue weighted by Gasteiger charge is 2.11. The van der Waals surface area contributed by atoms with Crippen LogP contribution in [0.3, 0.4) is 0 Å². The van der Waals surface area contributed by atoms with Crippen molar-refractivity contribution in [1.29, 1.82) is 0 Å². The van der Waals surface area contributed by atoms with Gasteiger partial charge in [0.25, 0.3) is 0 Å². The van der Waals surface area contributed by atoms with Crippen LogP contribution in [-0.4, -0.2) is 18.6 Å². The fourth-order valence-corrected chi connectivity index (χ4v) is 2.18. The van der Waals surface area contributed by atoms with Gasteiger partial charge in [0.2, 0.25) is 5.91 Å². The minimum atomic E-state index is -0.485.